The van der Waals surface area contributed by atoms with Crippen LogP contribution in [0.15, 0.2) is 47.4 Å². The molecular weight excluding hydrogens is 429 g/mol. The summed E-state index contributed by atoms with van der Waals surface area (Å²) in [6, 6.07) is 12.3. The second-order valence-electron chi connectivity index (χ2n) is 7.86. The first-order chi connectivity index (χ1) is 15.4. The zero-order valence-electron chi connectivity index (χ0n) is 17.8. The summed E-state index contributed by atoms with van der Waals surface area (Å²) in [5, 5.41) is 2.37. The van der Waals surface area contributed by atoms with Gasteiger partial charge in [-0.3, -0.25) is 19.3 Å². The minimum Gasteiger partial charge on any atom is -0.362 e. The van der Waals surface area contributed by atoms with E-state index in [0.717, 1.165) is 41.7 Å². The molecule has 0 radical (unpaired) electrons. The van der Waals surface area contributed by atoms with E-state index in [-0.39, 0.29) is 36.0 Å². The highest BCUT2D eigenvalue weighted by Gasteiger charge is 2.34. The molecule has 4 rings (SSSR count). The Morgan fingerprint density at radius 1 is 1.22 bits per heavy atom. The molecule has 166 valence electrons. The molecule has 0 atom stereocenters. The third kappa shape index (κ3) is 4.85. The summed E-state index contributed by atoms with van der Waals surface area (Å²) in [6.07, 6.45) is 3.39. The predicted molar refractivity (Wildman–Crippen MR) is 124 cm³/mol. The Morgan fingerprint density at radius 3 is 2.84 bits per heavy atom. The first-order valence-electron chi connectivity index (χ1n) is 10.5. The van der Waals surface area contributed by atoms with Crippen LogP contribution in [0.2, 0.25) is 0 Å². The zero-order valence-corrected chi connectivity index (χ0v) is 18.6. The summed E-state index contributed by atoms with van der Waals surface area (Å²) in [6.45, 7) is 3.33. The molecule has 2 aromatic carbocycles. The molecule has 3 amide bonds. The Kier molecular flexibility index (Phi) is 6.60. The molecule has 1 N–H and O–H groups in total. The number of benzene rings is 2. The van der Waals surface area contributed by atoms with Gasteiger partial charge in [0.15, 0.2) is 0 Å². The Bertz CT molecular complexity index is 1100. The van der Waals surface area contributed by atoms with E-state index >= 15 is 0 Å². The van der Waals surface area contributed by atoms with Gasteiger partial charge in [0, 0.05) is 30.9 Å². The van der Waals surface area contributed by atoms with Gasteiger partial charge < -0.3 is 10.2 Å². The van der Waals surface area contributed by atoms with Gasteiger partial charge in [-0.2, -0.15) is 0 Å². The summed E-state index contributed by atoms with van der Waals surface area (Å²) >= 11 is 0.777. The van der Waals surface area contributed by atoms with Crippen LogP contribution in [0.3, 0.4) is 0 Å². The van der Waals surface area contributed by atoms with Crippen LogP contribution in [0.4, 0.5) is 14.9 Å². The molecule has 1 saturated heterocycles. The van der Waals surface area contributed by atoms with Crippen LogP contribution in [-0.4, -0.2) is 48.1 Å². The summed E-state index contributed by atoms with van der Waals surface area (Å²) in [5.74, 6) is -1.09. The number of carbonyl (C=O) groups excluding carboxylic acids is 3. The number of amides is 3. The smallest absolute Gasteiger partial charge is 0.293 e. The van der Waals surface area contributed by atoms with Gasteiger partial charge in [0.2, 0.25) is 5.91 Å². The number of nitrogens with zero attached hydrogens (tertiary/aromatic N) is 2. The number of fused-ring (bicyclic) bond motifs is 1. The quantitative estimate of drug-likeness (QED) is 0.675. The fourth-order valence-electron chi connectivity index (χ4n) is 3.93. The van der Waals surface area contributed by atoms with Crippen LogP contribution in [-0.2, 0) is 16.0 Å². The van der Waals surface area contributed by atoms with E-state index in [2.05, 4.69) is 29.3 Å². The summed E-state index contributed by atoms with van der Waals surface area (Å²) in [5.41, 5.74) is 3.80. The second kappa shape index (κ2) is 9.56. The van der Waals surface area contributed by atoms with E-state index in [1.807, 2.05) is 6.07 Å². The van der Waals surface area contributed by atoms with E-state index in [1.54, 1.807) is 18.2 Å². The molecule has 8 heteroatoms. The van der Waals surface area contributed by atoms with Gasteiger partial charge in [-0.15, -0.1) is 0 Å². The number of imide groups is 1. The van der Waals surface area contributed by atoms with E-state index in [9.17, 15) is 18.8 Å². The van der Waals surface area contributed by atoms with E-state index in [1.165, 1.54) is 23.3 Å². The molecule has 0 aliphatic carbocycles. The normalized spacial score (nSPS) is 17.1. The standard InChI is InChI=1S/C24H24FN3O3S/c1-16-8-9-20-18(13-16)6-4-11-27(20)15-22(29)26-10-12-28-23(30)21(32-24(28)31)14-17-5-2-3-7-19(17)25/h2-3,5,7-9,13-14H,4,6,10-12,15H2,1H3,(H,26,29)/b21-14-. The summed E-state index contributed by atoms with van der Waals surface area (Å²) in [7, 11) is 0. The lowest BCUT2D eigenvalue weighted by Crippen LogP contribution is -2.43. The minimum atomic E-state index is -0.474. The number of rotatable bonds is 6. The van der Waals surface area contributed by atoms with E-state index < -0.39 is 17.0 Å². The molecule has 6 nitrogen and oxygen atoms in total. The van der Waals surface area contributed by atoms with Crippen LogP contribution in [0.25, 0.3) is 6.08 Å². The molecule has 2 heterocycles. The van der Waals surface area contributed by atoms with Gasteiger partial charge in [0.05, 0.1) is 11.4 Å². The van der Waals surface area contributed by atoms with Crippen molar-refractivity contribution in [2.24, 2.45) is 0 Å². The molecule has 0 spiro atoms. The fourth-order valence-corrected chi connectivity index (χ4v) is 4.79. The number of hydrogen-bond acceptors (Lipinski definition) is 5. The SMILES string of the molecule is Cc1ccc2c(c1)CCCN2CC(=O)NCCN1C(=O)S/C(=C\c2ccccc2F)C1=O. The first kappa shape index (κ1) is 22.1. The van der Waals surface area contributed by atoms with Crippen LogP contribution < -0.4 is 10.2 Å². The maximum Gasteiger partial charge on any atom is 0.293 e. The molecule has 32 heavy (non-hydrogen) atoms. The van der Waals surface area contributed by atoms with Crippen molar-refractivity contribution in [1.29, 1.82) is 0 Å². The largest absolute Gasteiger partial charge is 0.362 e. The van der Waals surface area contributed by atoms with Crippen molar-refractivity contribution < 1.29 is 18.8 Å². The Morgan fingerprint density at radius 2 is 2.03 bits per heavy atom. The average Bonchev–Trinajstić information content (AvgIpc) is 3.02. The number of aryl methyl sites for hydroxylation is 2. The molecule has 0 bridgehead atoms. The van der Waals surface area contributed by atoms with Gasteiger partial charge in [-0.05, 0) is 55.3 Å². The lowest BCUT2D eigenvalue weighted by molar-refractivity contribution is -0.124. The van der Waals surface area contributed by atoms with Gasteiger partial charge >= 0.3 is 0 Å². The average molecular weight is 454 g/mol. The highest BCUT2D eigenvalue weighted by atomic mass is 32.2. The Labute approximate surface area is 190 Å². The first-order valence-corrected chi connectivity index (χ1v) is 11.3. The van der Waals surface area contributed by atoms with Crippen LogP contribution in [0, 0.1) is 12.7 Å². The number of halogens is 1. The predicted octanol–water partition coefficient (Wildman–Crippen LogP) is 3.74. The van der Waals surface area contributed by atoms with Crippen molar-refractivity contribution in [3.63, 3.8) is 0 Å². The highest BCUT2D eigenvalue weighted by molar-refractivity contribution is 8.18. The minimum absolute atomic E-state index is 0.0702. The monoisotopic (exact) mass is 453 g/mol. The molecule has 0 unspecified atom stereocenters. The Hall–Kier alpha value is -3.13. The second-order valence-corrected chi connectivity index (χ2v) is 8.86. The van der Waals surface area contributed by atoms with E-state index in [4.69, 9.17) is 0 Å². The van der Waals surface area contributed by atoms with Crippen molar-refractivity contribution in [3.8, 4) is 0 Å². The summed E-state index contributed by atoms with van der Waals surface area (Å²) < 4.78 is 13.8. The number of nitrogens with one attached hydrogen (secondary N) is 1. The topological polar surface area (TPSA) is 69.7 Å². The van der Waals surface area contributed by atoms with Crippen molar-refractivity contribution in [3.05, 3.63) is 69.9 Å². The number of anilines is 1. The Balaban J connectivity index is 1.31. The number of carbonyl (C=O) groups is 3. The summed E-state index contributed by atoms with van der Waals surface area (Å²) in [4.78, 5) is 40.6. The lowest BCUT2D eigenvalue weighted by Gasteiger charge is -2.31. The molecule has 2 aliphatic heterocycles. The highest BCUT2D eigenvalue weighted by Crippen LogP contribution is 2.32. The third-order valence-electron chi connectivity index (χ3n) is 5.51. The lowest BCUT2D eigenvalue weighted by atomic mass is 9.99. The van der Waals surface area contributed by atoms with E-state index in [0.29, 0.717) is 0 Å². The maximum atomic E-state index is 13.8. The molecule has 1 fully saturated rings. The zero-order chi connectivity index (χ0) is 22.7. The van der Waals surface area contributed by atoms with Crippen LogP contribution >= 0.6 is 11.8 Å². The van der Waals surface area contributed by atoms with Crippen LogP contribution in [0.1, 0.15) is 23.1 Å². The van der Waals surface area contributed by atoms with Crippen molar-refractivity contribution in [2.75, 3.05) is 31.1 Å². The van der Waals surface area contributed by atoms with Crippen molar-refractivity contribution >= 4 is 40.6 Å². The molecule has 0 saturated carbocycles. The molecule has 2 aromatic rings. The molecule has 0 aromatic heterocycles. The molecule has 2 aliphatic rings. The van der Waals surface area contributed by atoms with Crippen molar-refractivity contribution in [1.82, 2.24) is 10.2 Å². The number of thioether (sulfide) groups is 1. The van der Waals surface area contributed by atoms with Crippen LogP contribution in [0.5, 0.6) is 0 Å². The van der Waals surface area contributed by atoms with Gasteiger partial charge in [-0.1, -0.05) is 35.9 Å². The van der Waals surface area contributed by atoms with Gasteiger partial charge in [0.1, 0.15) is 5.82 Å². The fraction of sp³-hybridized carbons (Fsp3) is 0.292. The third-order valence-corrected chi connectivity index (χ3v) is 6.41. The number of hydrogen-bond donors (Lipinski definition) is 1. The van der Waals surface area contributed by atoms with Gasteiger partial charge in [-0.25, -0.2) is 4.39 Å². The van der Waals surface area contributed by atoms with Crippen molar-refractivity contribution in [2.45, 2.75) is 19.8 Å². The van der Waals surface area contributed by atoms with Gasteiger partial charge in [0.25, 0.3) is 11.1 Å². The molecular formula is C24H24FN3O3S. The maximum absolute atomic E-state index is 13.8.